The quantitative estimate of drug-likeness (QED) is 0.756. The number of rotatable bonds is 2. The monoisotopic (exact) mass is 275 g/mol. The molecule has 0 bridgehead atoms. The van der Waals surface area contributed by atoms with Crippen molar-refractivity contribution >= 4 is 37.4 Å². The Morgan fingerprint density at radius 1 is 1.64 bits per heavy atom. The standard InChI is InChI=1S/C8H7Br2N/c1-6(4-9)7-2-3-11-5-8(7)10/h2-3,5H,1,4H2. The summed E-state index contributed by atoms with van der Waals surface area (Å²) in [7, 11) is 0. The number of hydrogen-bond acceptors (Lipinski definition) is 1. The smallest absolute Gasteiger partial charge is 0.0433 e. The Balaban J connectivity index is 3.03. The summed E-state index contributed by atoms with van der Waals surface area (Å²) in [4.78, 5) is 3.96. The zero-order valence-electron chi connectivity index (χ0n) is 5.85. The van der Waals surface area contributed by atoms with E-state index < -0.39 is 0 Å². The Kier molecular flexibility index (Phi) is 3.27. The number of aromatic nitrogens is 1. The van der Waals surface area contributed by atoms with Gasteiger partial charge in [0.15, 0.2) is 0 Å². The van der Waals surface area contributed by atoms with Crippen molar-refractivity contribution < 1.29 is 0 Å². The molecule has 0 radical (unpaired) electrons. The topological polar surface area (TPSA) is 12.9 Å². The Hall–Kier alpha value is -0.150. The second-order valence-corrected chi connectivity index (χ2v) is 3.51. The van der Waals surface area contributed by atoms with Crippen molar-refractivity contribution in [1.82, 2.24) is 4.98 Å². The number of hydrogen-bond donors (Lipinski definition) is 0. The molecule has 0 amide bonds. The predicted octanol–water partition coefficient (Wildman–Crippen LogP) is 3.25. The van der Waals surface area contributed by atoms with Gasteiger partial charge in [-0.15, -0.1) is 0 Å². The van der Waals surface area contributed by atoms with Crippen LogP contribution in [0.1, 0.15) is 5.56 Å². The average molecular weight is 277 g/mol. The average Bonchev–Trinajstić information content (AvgIpc) is 2.04. The van der Waals surface area contributed by atoms with Gasteiger partial charge >= 0.3 is 0 Å². The third-order valence-corrected chi connectivity index (χ3v) is 2.62. The van der Waals surface area contributed by atoms with Gasteiger partial charge in [0, 0.05) is 22.2 Å². The summed E-state index contributed by atoms with van der Waals surface area (Å²) < 4.78 is 0.990. The molecule has 1 heterocycles. The highest BCUT2D eigenvalue weighted by atomic mass is 79.9. The molecule has 3 heteroatoms. The number of alkyl halides is 1. The van der Waals surface area contributed by atoms with E-state index in [1.807, 2.05) is 6.07 Å². The molecule has 1 aromatic rings. The van der Waals surface area contributed by atoms with E-state index in [-0.39, 0.29) is 0 Å². The van der Waals surface area contributed by atoms with Crippen molar-refractivity contribution in [2.75, 3.05) is 5.33 Å². The first-order chi connectivity index (χ1) is 5.25. The second kappa shape index (κ2) is 4.02. The van der Waals surface area contributed by atoms with Crippen LogP contribution in [-0.2, 0) is 0 Å². The third-order valence-electron chi connectivity index (χ3n) is 1.31. The van der Waals surface area contributed by atoms with Crippen LogP contribution >= 0.6 is 31.9 Å². The molecule has 1 nitrogen and oxygen atoms in total. The summed E-state index contributed by atoms with van der Waals surface area (Å²) in [6.07, 6.45) is 3.52. The normalized spacial score (nSPS) is 9.64. The van der Waals surface area contributed by atoms with Crippen molar-refractivity contribution in [1.29, 1.82) is 0 Å². The van der Waals surface area contributed by atoms with Gasteiger partial charge in [-0.3, -0.25) is 4.98 Å². The summed E-state index contributed by atoms with van der Waals surface area (Å²) in [5.41, 5.74) is 2.16. The summed E-state index contributed by atoms with van der Waals surface area (Å²) >= 11 is 6.74. The van der Waals surface area contributed by atoms with Crippen molar-refractivity contribution in [2.45, 2.75) is 0 Å². The molecule has 0 spiro atoms. The van der Waals surface area contributed by atoms with Crippen LogP contribution < -0.4 is 0 Å². The first kappa shape index (κ1) is 8.94. The lowest BCUT2D eigenvalue weighted by molar-refractivity contribution is 1.29. The molecular formula is C8H7Br2N. The summed E-state index contributed by atoms with van der Waals surface area (Å²) in [5, 5.41) is 0.787. The van der Waals surface area contributed by atoms with Crippen LogP contribution in [0.2, 0.25) is 0 Å². The summed E-state index contributed by atoms with van der Waals surface area (Å²) in [5.74, 6) is 0. The molecule has 0 aliphatic heterocycles. The van der Waals surface area contributed by atoms with E-state index in [2.05, 4.69) is 43.4 Å². The van der Waals surface area contributed by atoms with Crippen LogP contribution in [0, 0.1) is 0 Å². The number of halogens is 2. The van der Waals surface area contributed by atoms with Gasteiger partial charge in [-0.2, -0.15) is 0 Å². The van der Waals surface area contributed by atoms with Crippen molar-refractivity contribution in [3.8, 4) is 0 Å². The summed E-state index contributed by atoms with van der Waals surface area (Å²) in [6, 6.07) is 1.94. The maximum atomic E-state index is 3.96. The number of allylic oxidation sites excluding steroid dienone is 1. The highest BCUT2D eigenvalue weighted by Crippen LogP contribution is 2.22. The van der Waals surface area contributed by atoms with Crippen LogP contribution in [0.5, 0.6) is 0 Å². The molecule has 0 atom stereocenters. The molecule has 11 heavy (non-hydrogen) atoms. The molecule has 0 N–H and O–H groups in total. The van der Waals surface area contributed by atoms with Gasteiger partial charge < -0.3 is 0 Å². The van der Waals surface area contributed by atoms with Gasteiger partial charge in [0.05, 0.1) is 0 Å². The second-order valence-electron chi connectivity index (χ2n) is 2.09. The highest BCUT2D eigenvalue weighted by molar-refractivity contribution is 9.10. The zero-order valence-corrected chi connectivity index (χ0v) is 9.02. The minimum atomic E-state index is 0.787. The molecule has 1 rings (SSSR count). The van der Waals surface area contributed by atoms with Gasteiger partial charge in [0.2, 0.25) is 0 Å². The Bertz CT molecular complexity index is 271. The first-order valence-corrected chi connectivity index (χ1v) is 5.00. The first-order valence-electron chi connectivity index (χ1n) is 3.09. The fourth-order valence-electron chi connectivity index (χ4n) is 0.734. The number of nitrogens with zero attached hydrogens (tertiary/aromatic N) is 1. The lowest BCUT2D eigenvalue weighted by Gasteiger charge is -2.02. The SMILES string of the molecule is C=C(CBr)c1ccncc1Br. The minimum Gasteiger partial charge on any atom is -0.264 e. The molecule has 0 saturated heterocycles. The molecular weight excluding hydrogens is 270 g/mol. The van der Waals surface area contributed by atoms with E-state index in [0.717, 1.165) is 20.9 Å². The van der Waals surface area contributed by atoms with Gasteiger partial charge in [-0.25, -0.2) is 0 Å². The van der Waals surface area contributed by atoms with Gasteiger partial charge in [0.1, 0.15) is 0 Å². The lowest BCUT2D eigenvalue weighted by Crippen LogP contribution is -1.85. The van der Waals surface area contributed by atoms with E-state index in [9.17, 15) is 0 Å². The van der Waals surface area contributed by atoms with Crippen LogP contribution in [0.25, 0.3) is 5.57 Å². The molecule has 0 aliphatic carbocycles. The fourth-order valence-corrected chi connectivity index (χ4v) is 1.57. The molecule has 0 fully saturated rings. The van der Waals surface area contributed by atoms with Gasteiger partial charge in [-0.1, -0.05) is 22.5 Å². The highest BCUT2D eigenvalue weighted by Gasteiger charge is 2.00. The van der Waals surface area contributed by atoms with Crippen LogP contribution in [0.15, 0.2) is 29.5 Å². The van der Waals surface area contributed by atoms with E-state index in [1.165, 1.54) is 0 Å². The molecule has 0 aromatic carbocycles. The van der Waals surface area contributed by atoms with Crippen LogP contribution in [0.3, 0.4) is 0 Å². The van der Waals surface area contributed by atoms with Crippen molar-refractivity contribution in [3.05, 3.63) is 35.1 Å². The lowest BCUT2D eigenvalue weighted by atomic mass is 10.1. The Morgan fingerprint density at radius 3 is 2.91 bits per heavy atom. The zero-order chi connectivity index (χ0) is 8.27. The molecule has 0 aliphatic rings. The summed E-state index contributed by atoms with van der Waals surface area (Å²) in [6.45, 7) is 3.90. The van der Waals surface area contributed by atoms with E-state index in [4.69, 9.17) is 0 Å². The van der Waals surface area contributed by atoms with Crippen LogP contribution in [-0.4, -0.2) is 10.3 Å². The molecule has 58 valence electrons. The number of pyridine rings is 1. The van der Waals surface area contributed by atoms with E-state index >= 15 is 0 Å². The van der Waals surface area contributed by atoms with E-state index in [0.29, 0.717) is 0 Å². The largest absolute Gasteiger partial charge is 0.264 e. The molecule has 0 unspecified atom stereocenters. The third kappa shape index (κ3) is 2.14. The van der Waals surface area contributed by atoms with E-state index in [1.54, 1.807) is 12.4 Å². The predicted molar refractivity (Wildman–Crippen MR) is 54.8 cm³/mol. The maximum Gasteiger partial charge on any atom is 0.0433 e. The van der Waals surface area contributed by atoms with Crippen LogP contribution in [0.4, 0.5) is 0 Å². The minimum absolute atomic E-state index is 0.787. The molecule has 0 saturated carbocycles. The Morgan fingerprint density at radius 2 is 2.36 bits per heavy atom. The Labute approximate surface area is 82.8 Å². The van der Waals surface area contributed by atoms with Crippen molar-refractivity contribution in [3.63, 3.8) is 0 Å². The van der Waals surface area contributed by atoms with Gasteiger partial charge in [0.25, 0.3) is 0 Å². The van der Waals surface area contributed by atoms with Gasteiger partial charge in [-0.05, 0) is 33.1 Å². The molecule has 1 aromatic heterocycles. The fraction of sp³-hybridized carbons (Fsp3) is 0.125. The van der Waals surface area contributed by atoms with Crippen molar-refractivity contribution in [2.24, 2.45) is 0 Å². The maximum absolute atomic E-state index is 3.96.